The van der Waals surface area contributed by atoms with E-state index in [1.807, 2.05) is 0 Å². The lowest BCUT2D eigenvalue weighted by Gasteiger charge is -2.17. The zero-order chi connectivity index (χ0) is 10.0. The van der Waals surface area contributed by atoms with Crippen molar-refractivity contribution < 1.29 is 14.3 Å². The van der Waals surface area contributed by atoms with E-state index in [1.54, 1.807) is 14.1 Å². The molecule has 0 aromatic rings. The summed E-state index contributed by atoms with van der Waals surface area (Å²) in [5, 5.41) is 0. The molecule has 1 saturated heterocycles. The molecule has 1 atom stereocenters. The van der Waals surface area contributed by atoms with Crippen LogP contribution in [0.5, 0.6) is 0 Å². The van der Waals surface area contributed by atoms with E-state index >= 15 is 0 Å². The highest BCUT2D eigenvalue weighted by atomic mass is 16.6. The minimum atomic E-state index is -0.318. The zero-order valence-electron chi connectivity index (χ0n) is 8.11. The zero-order valence-corrected chi connectivity index (χ0v) is 8.11. The van der Waals surface area contributed by atoms with E-state index in [1.165, 1.54) is 16.7 Å². The van der Waals surface area contributed by atoms with Gasteiger partial charge in [0.15, 0.2) is 0 Å². The van der Waals surface area contributed by atoms with E-state index in [9.17, 15) is 9.59 Å². The predicted octanol–water partition coefficient (Wildman–Crippen LogP) is -0.0847. The molecule has 13 heavy (non-hydrogen) atoms. The lowest BCUT2D eigenvalue weighted by atomic mass is 10.3. The SMILES string of the molecule is CC(=O)N(C)CC1CN(C)C(=O)O1. The van der Waals surface area contributed by atoms with Gasteiger partial charge in [-0.25, -0.2) is 4.79 Å². The van der Waals surface area contributed by atoms with Gasteiger partial charge in [0.1, 0.15) is 6.10 Å². The summed E-state index contributed by atoms with van der Waals surface area (Å²) in [6.07, 6.45) is -0.506. The minimum Gasteiger partial charge on any atom is -0.442 e. The Balaban J connectivity index is 2.40. The molecule has 1 aliphatic rings. The fraction of sp³-hybridized carbons (Fsp3) is 0.750. The van der Waals surface area contributed by atoms with Gasteiger partial charge >= 0.3 is 6.09 Å². The van der Waals surface area contributed by atoms with Crippen molar-refractivity contribution in [1.82, 2.24) is 9.80 Å². The van der Waals surface area contributed by atoms with Crippen LogP contribution in [0.25, 0.3) is 0 Å². The van der Waals surface area contributed by atoms with Crippen LogP contribution in [0.4, 0.5) is 4.79 Å². The first-order valence-corrected chi connectivity index (χ1v) is 4.14. The van der Waals surface area contributed by atoms with E-state index in [0.717, 1.165) is 0 Å². The van der Waals surface area contributed by atoms with Crippen molar-refractivity contribution in [2.24, 2.45) is 0 Å². The average Bonchev–Trinajstić information content (AvgIpc) is 2.31. The van der Waals surface area contributed by atoms with Crippen LogP contribution in [0.3, 0.4) is 0 Å². The van der Waals surface area contributed by atoms with Gasteiger partial charge in [-0.1, -0.05) is 0 Å². The highest BCUT2D eigenvalue weighted by Crippen LogP contribution is 2.09. The molecule has 1 rings (SSSR count). The number of hydrogen-bond donors (Lipinski definition) is 0. The maximum absolute atomic E-state index is 10.9. The maximum Gasteiger partial charge on any atom is 0.410 e. The predicted molar refractivity (Wildman–Crippen MR) is 46.2 cm³/mol. The van der Waals surface area contributed by atoms with E-state index < -0.39 is 0 Å². The highest BCUT2D eigenvalue weighted by Gasteiger charge is 2.29. The Morgan fingerprint density at radius 2 is 2.38 bits per heavy atom. The van der Waals surface area contributed by atoms with Gasteiger partial charge in [-0.15, -0.1) is 0 Å². The van der Waals surface area contributed by atoms with Crippen molar-refractivity contribution in [1.29, 1.82) is 0 Å². The molecule has 0 saturated carbocycles. The monoisotopic (exact) mass is 186 g/mol. The molecule has 74 valence electrons. The Bertz CT molecular complexity index is 229. The Morgan fingerprint density at radius 1 is 1.77 bits per heavy atom. The van der Waals surface area contributed by atoms with Crippen molar-refractivity contribution in [3.63, 3.8) is 0 Å². The van der Waals surface area contributed by atoms with Crippen molar-refractivity contribution in [2.75, 3.05) is 27.2 Å². The number of amides is 2. The molecule has 0 radical (unpaired) electrons. The molecule has 5 nitrogen and oxygen atoms in total. The molecule has 2 amide bonds. The Hall–Kier alpha value is -1.26. The standard InChI is InChI=1S/C8H14N2O3/c1-6(11)9(2)4-7-5-10(3)8(12)13-7/h7H,4-5H2,1-3H3. The summed E-state index contributed by atoms with van der Waals surface area (Å²) in [6.45, 7) is 2.50. The van der Waals surface area contributed by atoms with Gasteiger partial charge in [0, 0.05) is 21.0 Å². The fourth-order valence-corrected chi connectivity index (χ4v) is 1.18. The van der Waals surface area contributed by atoms with E-state index in [2.05, 4.69) is 0 Å². The molecule has 1 fully saturated rings. The van der Waals surface area contributed by atoms with Crippen molar-refractivity contribution in [3.05, 3.63) is 0 Å². The summed E-state index contributed by atoms with van der Waals surface area (Å²) in [5.41, 5.74) is 0. The van der Waals surface area contributed by atoms with E-state index in [4.69, 9.17) is 4.74 Å². The van der Waals surface area contributed by atoms with Crippen molar-refractivity contribution >= 4 is 12.0 Å². The molecule has 1 heterocycles. The van der Waals surface area contributed by atoms with Gasteiger partial charge in [-0.2, -0.15) is 0 Å². The largest absolute Gasteiger partial charge is 0.442 e. The lowest BCUT2D eigenvalue weighted by Crippen LogP contribution is -2.34. The molecule has 0 N–H and O–H groups in total. The minimum absolute atomic E-state index is 0.0226. The Kier molecular flexibility index (Phi) is 2.75. The van der Waals surface area contributed by atoms with Crippen LogP contribution in [0.1, 0.15) is 6.92 Å². The van der Waals surface area contributed by atoms with Crippen LogP contribution in [0.2, 0.25) is 0 Å². The third kappa shape index (κ3) is 2.34. The van der Waals surface area contributed by atoms with E-state index in [0.29, 0.717) is 13.1 Å². The summed E-state index contributed by atoms with van der Waals surface area (Å²) in [5.74, 6) is -0.0226. The third-order valence-electron chi connectivity index (χ3n) is 2.07. The normalized spacial score (nSPS) is 21.6. The smallest absolute Gasteiger partial charge is 0.410 e. The number of hydrogen-bond acceptors (Lipinski definition) is 3. The quantitative estimate of drug-likeness (QED) is 0.606. The first kappa shape index (κ1) is 9.83. The first-order chi connectivity index (χ1) is 6.00. The van der Waals surface area contributed by atoms with Crippen LogP contribution in [-0.2, 0) is 9.53 Å². The van der Waals surface area contributed by atoms with Crippen LogP contribution < -0.4 is 0 Å². The average molecular weight is 186 g/mol. The number of carbonyl (C=O) groups excluding carboxylic acids is 2. The van der Waals surface area contributed by atoms with Crippen LogP contribution >= 0.6 is 0 Å². The topological polar surface area (TPSA) is 49.9 Å². The van der Waals surface area contributed by atoms with Crippen LogP contribution in [-0.4, -0.2) is 55.1 Å². The number of carbonyl (C=O) groups is 2. The number of likely N-dealkylation sites (N-methyl/N-ethyl adjacent to an activating group) is 2. The Labute approximate surface area is 77.2 Å². The number of cyclic esters (lactones) is 1. The second-order valence-electron chi connectivity index (χ2n) is 3.29. The van der Waals surface area contributed by atoms with Gasteiger partial charge < -0.3 is 14.5 Å². The summed E-state index contributed by atoms with van der Waals surface area (Å²) in [6, 6.07) is 0. The lowest BCUT2D eigenvalue weighted by molar-refractivity contribution is -0.128. The fourth-order valence-electron chi connectivity index (χ4n) is 1.18. The number of rotatable bonds is 2. The summed E-state index contributed by atoms with van der Waals surface area (Å²) >= 11 is 0. The second-order valence-corrected chi connectivity index (χ2v) is 3.29. The van der Waals surface area contributed by atoms with Gasteiger partial charge in [-0.05, 0) is 0 Å². The molecular weight excluding hydrogens is 172 g/mol. The van der Waals surface area contributed by atoms with Gasteiger partial charge in [0.2, 0.25) is 5.91 Å². The molecule has 1 aliphatic heterocycles. The molecular formula is C8H14N2O3. The van der Waals surface area contributed by atoms with Gasteiger partial charge in [0.25, 0.3) is 0 Å². The Morgan fingerprint density at radius 3 is 2.77 bits per heavy atom. The van der Waals surface area contributed by atoms with Gasteiger partial charge in [0.05, 0.1) is 13.1 Å². The number of ether oxygens (including phenoxy) is 1. The molecule has 5 heteroatoms. The summed E-state index contributed by atoms with van der Waals surface area (Å²) in [7, 11) is 3.37. The van der Waals surface area contributed by atoms with Crippen molar-refractivity contribution in [3.8, 4) is 0 Å². The van der Waals surface area contributed by atoms with Crippen molar-refractivity contribution in [2.45, 2.75) is 13.0 Å². The highest BCUT2D eigenvalue weighted by molar-refractivity contribution is 5.73. The summed E-state index contributed by atoms with van der Waals surface area (Å²) < 4.78 is 4.99. The molecule has 0 bridgehead atoms. The molecule has 0 aliphatic carbocycles. The second kappa shape index (κ2) is 3.64. The number of nitrogens with zero attached hydrogens (tertiary/aromatic N) is 2. The van der Waals surface area contributed by atoms with Crippen LogP contribution in [0.15, 0.2) is 0 Å². The van der Waals surface area contributed by atoms with E-state index in [-0.39, 0.29) is 18.1 Å². The maximum atomic E-state index is 10.9. The third-order valence-corrected chi connectivity index (χ3v) is 2.07. The van der Waals surface area contributed by atoms with Crippen LogP contribution in [0, 0.1) is 0 Å². The molecule has 0 aromatic carbocycles. The first-order valence-electron chi connectivity index (χ1n) is 4.14. The molecule has 1 unspecified atom stereocenters. The summed E-state index contributed by atoms with van der Waals surface area (Å²) in [4.78, 5) is 24.8. The molecule has 0 spiro atoms. The molecule has 0 aromatic heterocycles. The van der Waals surface area contributed by atoms with Gasteiger partial charge in [-0.3, -0.25) is 4.79 Å².